The van der Waals surface area contributed by atoms with Gasteiger partial charge in [0, 0.05) is 12.6 Å². The Bertz CT molecular complexity index is 825. The molecule has 0 fully saturated rings. The maximum Gasteiger partial charge on any atom is 0.264 e. The number of hydrogen-bond acceptors (Lipinski definition) is 5. The highest BCUT2D eigenvalue weighted by atomic mass is 127. The number of rotatable bonds is 7. The van der Waals surface area contributed by atoms with Gasteiger partial charge in [-0.1, -0.05) is 23.2 Å². The predicted molar refractivity (Wildman–Crippen MR) is 108 cm³/mol. The molecular weight excluding hydrogens is 506 g/mol. The summed E-state index contributed by atoms with van der Waals surface area (Å²) in [7, 11) is 0.0970. The second kappa shape index (κ2) is 8.41. The second-order valence-electron chi connectivity index (χ2n) is 5.09. The third-order valence-corrected chi connectivity index (χ3v) is 6.92. The van der Waals surface area contributed by atoms with Crippen LogP contribution in [-0.2, 0) is 10.0 Å². The first-order valence-corrected chi connectivity index (χ1v) is 10.9. The molecule has 0 bridgehead atoms. The van der Waals surface area contributed by atoms with E-state index in [1.165, 1.54) is 6.07 Å². The van der Waals surface area contributed by atoms with Crippen LogP contribution < -0.4 is 9.46 Å². The lowest BCUT2D eigenvalue weighted by atomic mass is 10.3. The van der Waals surface area contributed by atoms with Crippen molar-refractivity contribution in [1.29, 1.82) is 0 Å². The Balaban J connectivity index is 2.19. The normalized spacial score (nSPS) is 11.8. The zero-order valence-corrected chi connectivity index (χ0v) is 18.1. The van der Waals surface area contributed by atoms with E-state index in [9.17, 15) is 8.42 Å². The van der Waals surface area contributed by atoms with E-state index in [0.717, 1.165) is 21.5 Å². The fraction of sp³-hybridized carbons (Fsp3) is 0.286. The van der Waals surface area contributed by atoms with Crippen molar-refractivity contribution in [2.75, 3.05) is 32.0 Å². The van der Waals surface area contributed by atoms with Crippen LogP contribution in [0.4, 0.5) is 5.69 Å². The first-order valence-electron chi connectivity index (χ1n) is 6.74. The Morgan fingerprint density at radius 1 is 1.29 bits per heavy atom. The number of ether oxygens (including phenoxy) is 1. The van der Waals surface area contributed by atoms with Crippen LogP contribution in [0.15, 0.2) is 29.2 Å². The Hall–Kier alpha value is -0.260. The van der Waals surface area contributed by atoms with E-state index < -0.39 is 10.0 Å². The summed E-state index contributed by atoms with van der Waals surface area (Å²) >= 11 is 14.9. The van der Waals surface area contributed by atoms with Crippen LogP contribution in [-0.4, -0.2) is 40.6 Å². The molecule has 10 heteroatoms. The Kier molecular flexibility index (Phi) is 7.03. The Morgan fingerprint density at radius 2 is 2.00 bits per heavy atom. The lowest BCUT2D eigenvalue weighted by molar-refractivity contribution is 0.260. The lowest BCUT2D eigenvalue weighted by Gasteiger charge is -2.14. The molecule has 0 aliphatic heterocycles. The summed E-state index contributed by atoms with van der Waals surface area (Å²) in [5, 5.41) is 0. The SMILES string of the molecule is CN(C)CCOc1cc(NS(=O)(=O)c2cc(Cl)sc2Cl)ccc1I. The summed E-state index contributed by atoms with van der Waals surface area (Å²) in [5.41, 5.74) is 0.397. The molecule has 0 amide bonds. The minimum atomic E-state index is -3.81. The zero-order chi connectivity index (χ0) is 17.9. The fourth-order valence-electron chi connectivity index (χ4n) is 1.73. The summed E-state index contributed by atoms with van der Waals surface area (Å²) in [5.74, 6) is 0.618. The largest absolute Gasteiger partial charge is 0.491 e. The van der Waals surface area contributed by atoms with Crippen LogP contribution in [0.3, 0.4) is 0 Å². The van der Waals surface area contributed by atoms with Gasteiger partial charge in [-0.15, -0.1) is 11.3 Å². The number of halogens is 3. The molecule has 1 aromatic carbocycles. The lowest BCUT2D eigenvalue weighted by Crippen LogP contribution is -2.19. The number of sulfonamides is 1. The maximum atomic E-state index is 12.4. The van der Waals surface area contributed by atoms with Crippen molar-refractivity contribution >= 4 is 72.8 Å². The highest BCUT2D eigenvalue weighted by molar-refractivity contribution is 14.1. The first-order chi connectivity index (χ1) is 11.2. The monoisotopic (exact) mass is 520 g/mol. The smallest absolute Gasteiger partial charge is 0.264 e. The van der Waals surface area contributed by atoms with Crippen molar-refractivity contribution in [3.05, 3.63) is 36.5 Å². The zero-order valence-electron chi connectivity index (χ0n) is 12.8. The van der Waals surface area contributed by atoms with Gasteiger partial charge in [0.25, 0.3) is 10.0 Å². The van der Waals surface area contributed by atoms with Crippen LogP contribution >= 0.6 is 57.1 Å². The van der Waals surface area contributed by atoms with Crippen molar-refractivity contribution in [1.82, 2.24) is 4.90 Å². The summed E-state index contributed by atoms with van der Waals surface area (Å²) < 4.78 is 34.4. The summed E-state index contributed by atoms with van der Waals surface area (Å²) in [6, 6.07) is 6.43. The van der Waals surface area contributed by atoms with Gasteiger partial charge >= 0.3 is 0 Å². The number of anilines is 1. The molecule has 2 aromatic rings. The number of nitrogens with one attached hydrogen (secondary N) is 1. The van der Waals surface area contributed by atoms with Crippen molar-refractivity contribution in [3.8, 4) is 5.75 Å². The molecule has 0 aliphatic rings. The molecule has 0 spiro atoms. The summed E-state index contributed by atoms with van der Waals surface area (Å²) in [4.78, 5) is 1.97. The van der Waals surface area contributed by atoms with Crippen LogP contribution in [0, 0.1) is 3.57 Å². The molecule has 0 atom stereocenters. The first kappa shape index (κ1) is 20.1. The molecule has 2 rings (SSSR count). The number of nitrogens with zero attached hydrogens (tertiary/aromatic N) is 1. The molecule has 0 aliphatic carbocycles. The molecule has 0 radical (unpaired) electrons. The average Bonchev–Trinajstić information content (AvgIpc) is 2.81. The molecule has 1 heterocycles. The van der Waals surface area contributed by atoms with Crippen LogP contribution in [0.25, 0.3) is 0 Å². The molecule has 24 heavy (non-hydrogen) atoms. The van der Waals surface area contributed by atoms with Crippen molar-refractivity contribution in [2.45, 2.75) is 4.90 Å². The highest BCUT2D eigenvalue weighted by Crippen LogP contribution is 2.35. The third kappa shape index (κ3) is 5.37. The third-order valence-electron chi connectivity index (χ3n) is 2.89. The minimum absolute atomic E-state index is 0.0345. The van der Waals surface area contributed by atoms with E-state index in [1.807, 2.05) is 19.0 Å². The molecule has 0 saturated carbocycles. The minimum Gasteiger partial charge on any atom is -0.491 e. The predicted octanol–water partition coefficient (Wildman–Crippen LogP) is 4.40. The molecular formula is C14H15Cl2IN2O3S2. The van der Waals surface area contributed by atoms with E-state index in [1.54, 1.807) is 18.2 Å². The van der Waals surface area contributed by atoms with Gasteiger partial charge in [-0.25, -0.2) is 8.42 Å². The fourth-order valence-corrected chi connectivity index (χ4v) is 5.43. The quantitative estimate of drug-likeness (QED) is 0.550. The van der Waals surface area contributed by atoms with Crippen LogP contribution in [0.1, 0.15) is 0 Å². The number of benzene rings is 1. The van der Waals surface area contributed by atoms with Gasteiger partial charge in [0.2, 0.25) is 0 Å². The second-order valence-corrected chi connectivity index (χ2v) is 10.2. The van der Waals surface area contributed by atoms with E-state index in [4.69, 9.17) is 27.9 Å². The van der Waals surface area contributed by atoms with Gasteiger partial charge in [0.05, 0.1) is 13.6 Å². The number of likely N-dealkylation sites (N-methyl/N-ethyl adjacent to an activating group) is 1. The van der Waals surface area contributed by atoms with Gasteiger partial charge in [-0.3, -0.25) is 4.72 Å². The van der Waals surface area contributed by atoms with Crippen LogP contribution in [0.5, 0.6) is 5.75 Å². The Labute approximate surface area is 169 Å². The summed E-state index contributed by atoms with van der Waals surface area (Å²) in [6.07, 6.45) is 0. The highest BCUT2D eigenvalue weighted by Gasteiger charge is 2.21. The van der Waals surface area contributed by atoms with Gasteiger partial charge in [0.15, 0.2) is 0 Å². The van der Waals surface area contributed by atoms with Gasteiger partial charge in [0.1, 0.15) is 21.6 Å². The standard InChI is InChI=1S/C14H15Cl2IN2O3S2/c1-19(2)5-6-22-11-7-9(3-4-10(11)17)18-24(20,21)12-8-13(15)23-14(12)16/h3-4,7-8,18H,5-6H2,1-2H3. The molecule has 1 N–H and O–H groups in total. The van der Waals surface area contributed by atoms with E-state index in [0.29, 0.717) is 22.4 Å². The average molecular weight is 521 g/mol. The molecule has 0 unspecified atom stereocenters. The molecule has 1 aromatic heterocycles. The van der Waals surface area contributed by atoms with Crippen LogP contribution in [0.2, 0.25) is 8.67 Å². The topological polar surface area (TPSA) is 58.6 Å². The van der Waals surface area contributed by atoms with E-state index >= 15 is 0 Å². The number of thiophene rings is 1. The van der Waals surface area contributed by atoms with E-state index in [2.05, 4.69) is 27.3 Å². The van der Waals surface area contributed by atoms with Crippen molar-refractivity contribution in [3.63, 3.8) is 0 Å². The maximum absolute atomic E-state index is 12.4. The van der Waals surface area contributed by atoms with Crippen molar-refractivity contribution < 1.29 is 13.2 Å². The van der Waals surface area contributed by atoms with E-state index in [-0.39, 0.29) is 9.23 Å². The molecule has 5 nitrogen and oxygen atoms in total. The van der Waals surface area contributed by atoms with Gasteiger partial charge in [-0.05, 0) is 54.9 Å². The number of hydrogen-bond donors (Lipinski definition) is 1. The van der Waals surface area contributed by atoms with Crippen molar-refractivity contribution in [2.24, 2.45) is 0 Å². The Morgan fingerprint density at radius 3 is 2.58 bits per heavy atom. The molecule has 132 valence electrons. The molecule has 0 saturated heterocycles. The van der Waals surface area contributed by atoms with Gasteiger partial charge in [-0.2, -0.15) is 0 Å². The van der Waals surface area contributed by atoms with Gasteiger partial charge < -0.3 is 9.64 Å². The summed E-state index contributed by atoms with van der Waals surface area (Å²) in [6.45, 7) is 1.26.